The summed E-state index contributed by atoms with van der Waals surface area (Å²) in [5.74, 6) is 0.908. The molecule has 22 heavy (non-hydrogen) atoms. The lowest BCUT2D eigenvalue weighted by atomic mass is 10.2. The largest absolute Gasteiger partial charge is 0.444 e. The minimum atomic E-state index is -0.487. The number of carbonyl (C=O) groups excluding carboxylic acids is 1. The van der Waals surface area contributed by atoms with Crippen molar-refractivity contribution in [3.8, 4) is 0 Å². The number of aromatic nitrogens is 2. The highest BCUT2D eigenvalue weighted by molar-refractivity contribution is 9.10. The molecule has 3 rings (SSSR count). The molecule has 1 aliphatic heterocycles. The van der Waals surface area contributed by atoms with Crippen molar-refractivity contribution in [1.82, 2.24) is 14.5 Å². The Morgan fingerprint density at radius 3 is 2.77 bits per heavy atom. The van der Waals surface area contributed by atoms with Crippen LogP contribution >= 0.6 is 15.9 Å². The summed E-state index contributed by atoms with van der Waals surface area (Å²) in [5.41, 5.74) is 1.57. The molecule has 1 atom stereocenters. The minimum absolute atomic E-state index is 0.102. The van der Waals surface area contributed by atoms with Crippen LogP contribution in [0.2, 0.25) is 0 Å². The van der Waals surface area contributed by atoms with Gasteiger partial charge in [0.25, 0.3) is 0 Å². The maximum atomic E-state index is 12.4. The third-order valence-corrected chi connectivity index (χ3v) is 4.27. The molecule has 0 radical (unpaired) electrons. The van der Waals surface area contributed by atoms with Crippen molar-refractivity contribution < 1.29 is 9.53 Å². The first-order valence-electron chi connectivity index (χ1n) is 7.41. The molecule has 1 amide bonds. The molecule has 0 spiro atoms. The summed E-state index contributed by atoms with van der Waals surface area (Å²) in [4.78, 5) is 18.8. The van der Waals surface area contributed by atoms with Gasteiger partial charge in [0.1, 0.15) is 11.4 Å². The molecule has 6 heteroatoms. The Labute approximate surface area is 138 Å². The maximum absolute atomic E-state index is 12.4. The second kappa shape index (κ2) is 5.26. The number of amides is 1. The lowest BCUT2D eigenvalue weighted by Crippen LogP contribution is -2.43. The molecule has 0 bridgehead atoms. The standard InChI is InChI=1S/C16H20BrN3O2/c1-10-14-18-12-9-11(17)5-6-13(12)20(14)8-7-19(10)15(21)22-16(2,3)4/h5-6,9-10H,7-8H2,1-4H3/t10-/m0/s1. The van der Waals surface area contributed by atoms with Crippen LogP contribution in [0.5, 0.6) is 0 Å². The van der Waals surface area contributed by atoms with Crippen molar-refractivity contribution >= 4 is 33.1 Å². The number of hydrogen-bond acceptors (Lipinski definition) is 3. The molecule has 1 aromatic heterocycles. The van der Waals surface area contributed by atoms with Crippen LogP contribution in [-0.2, 0) is 11.3 Å². The van der Waals surface area contributed by atoms with Crippen LogP contribution < -0.4 is 0 Å². The first kappa shape index (κ1) is 15.3. The lowest BCUT2D eigenvalue weighted by molar-refractivity contribution is 0.0123. The van der Waals surface area contributed by atoms with E-state index in [1.54, 1.807) is 4.90 Å². The van der Waals surface area contributed by atoms with Crippen molar-refractivity contribution in [2.45, 2.75) is 45.9 Å². The van der Waals surface area contributed by atoms with Crippen LogP contribution in [0.3, 0.4) is 0 Å². The van der Waals surface area contributed by atoms with E-state index in [4.69, 9.17) is 9.72 Å². The van der Waals surface area contributed by atoms with Gasteiger partial charge in [0.15, 0.2) is 0 Å². The summed E-state index contributed by atoms with van der Waals surface area (Å²) in [6.07, 6.45) is -0.278. The summed E-state index contributed by atoms with van der Waals surface area (Å²) in [5, 5.41) is 0. The third-order valence-electron chi connectivity index (χ3n) is 3.77. The van der Waals surface area contributed by atoms with Gasteiger partial charge in [-0.3, -0.25) is 4.90 Å². The molecule has 0 unspecified atom stereocenters. The Morgan fingerprint density at radius 1 is 1.36 bits per heavy atom. The van der Waals surface area contributed by atoms with Gasteiger partial charge < -0.3 is 9.30 Å². The number of nitrogens with zero attached hydrogens (tertiary/aromatic N) is 3. The van der Waals surface area contributed by atoms with Gasteiger partial charge in [-0.25, -0.2) is 9.78 Å². The number of ether oxygens (including phenoxy) is 1. The second-order valence-corrected chi connectivity index (χ2v) is 7.52. The quantitative estimate of drug-likeness (QED) is 0.705. The van der Waals surface area contributed by atoms with Crippen LogP contribution in [-0.4, -0.2) is 32.7 Å². The van der Waals surface area contributed by atoms with E-state index in [0.717, 1.165) is 27.9 Å². The normalized spacial score (nSPS) is 18.4. The molecule has 5 nitrogen and oxygen atoms in total. The summed E-state index contributed by atoms with van der Waals surface area (Å²) in [6, 6.07) is 5.98. The SMILES string of the molecule is C[C@H]1c2nc3cc(Br)ccc3n2CCN1C(=O)OC(C)(C)C. The first-order chi connectivity index (χ1) is 10.3. The molecule has 1 aliphatic rings. The fraction of sp³-hybridized carbons (Fsp3) is 0.500. The fourth-order valence-corrected chi connectivity index (χ4v) is 3.14. The lowest BCUT2D eigenvalue weighted by Gasteiger charge is -2.35. The third kappa shape index (κ3) is 2.72. The number of rotatable bonds is 0. The Kier molecular flexibility index (Phi) is 3.67. The van der Waals surface area contributed by atoms with E-state index >= 15 is 0 Å². The van der Waals surface area contributed by atoms with Gasteiger partial charge in [-0.05, 0) is 45.9 Å². The van der Waals surface area contributed by atoms with Gasteiger partial charge in [-0.2, -0.15) is 0 Å². The van der Waals surface area contributed by atoms with E-state index in [9.17, 15) is 4.79 Å². The maximum Gasteiger partial charge on any atom is 0.410 e. The number of halogens is 1. The zero-order chi connectivity index (χ0) is 16.1. The van der Waals surface area contributed by atoms with Crippen molar-refractivity contribution in [3.05, 3.63) is 28.5 Å². The minimum Gasteiger partial charge on any atom is -0.444 e. The van der Waals surface area contributed by atoms with Gasteiger partial charge in [0.2, 0.25) is 0 Å². The fourth-order valence-electron chi connectivity index (χ4n) is 2.79. The van der Waals surface area contributed by atoms with Gasteiger partial charge in [0, 0.05) is 17.6 Å². The Bertz CT molecular complexity index is 733. The topological polar surface area (TPSA) is 47.4 Å². The predicted octanol–water partition coefficient (Wildman–Crippen LogP) is 4.11. The van der Waals surface area contributed by atoms with Crippen molar-refractivity contribution in [3.63, 3.8) is 0 Å². The molecule has 118 valence electrons. The summed E-state index contributed by atoms with van der Waals surface area (Å²) in [7, 11) is 0. The summed E-state index contributed by atoms with van der Waals surface area (Å²) >= 11 is 3.48. The zero-order valence-corrected chi connectivity index (χ0v) is 14.8. The Morgan fingerprint density at radius 2 is 2.09 bits per heavy atom. The van der Waals surface area contributed by atoms with Crippen LogP contribution in [0.15, 0.2) is 22.7 Å². The summed E-state index contributed by atoms with van der Waals surface area (Å²) in [6.45, 7) is 9.00. The van der Waals surface area contributed by atoms with Gasteiger partial charge in [0.05, 0.1) is 17.1 Å². The van der Waals surface area contributed by atoms with E-state index in [1.165, 1.54) is 0 Å². The number of fused-ring (bicyclic) bond motifs is 3. The average molecular weight is 366 g/mol. The Hall–Kier alpha value is -1.56. The van der Waals surface area contributed by atoms with Crippen LogP contribution in [0, 0.1) is 0 Å². The molecular weight excluding hydrogens is 346 g/mol. The average Bonchev–Trinajstić information content (AvgIpc) is 2.75. The molecule has 0 saturated heterocycles. The molecule has 0 N–H and O–H groups in total. The molecule has 0 fully saturated rings. The highest BCUT2D eigenvalue weighted by atomic mass is 79.9. The van der Waals surface area contributed by atoms with Gasteiger partial charge >= 0.3 is 6.09 Å². The predicted molar refractivity (Wildman–Crippen MR) is 88.8 cm³/mol. The summed E-state index contributed by atoms with van der Waals surface area (Å²) < 4.78 is 8.69. The number of benzene rings is 1. The number of hydrogen-bond donors (Lipinski definition) is 0. The van der Waals surface area contributed by atoms with E-state index in [2.05, 4.69) is 26.6 Å². The molecule has 2 aromatic rings. The smallest absolute Gasteiger partial charge is 0.410 e. The van der Waals surface area contributed by atoms with Crippen LogP contribution in [0.4, 0.5) is 4.79 Å². The van der Waals surface area contributed by atoms with E-state index in [0.29, 0.717) is 6.54 Å². The Balaban J connectivity index is 1.94. The molecule has 0 aliphatic carbocycles. The van der Waals surface area contributed by atoms with E-state index in [1.807, 2.05) is 39.8 Å². The molecular formula is C16H20BrN3O2. The second-order valence-electron chi connectivity index (χ2n) is 6.60. The highest BCUT2D eigenvalue weighted by Gasteiger charge is 2.33. The van der Waals surface area contributed by atoms with Crippen molar-refractivity contribution in [2.75, 3.05) is 6.54 Å². The highest BCUT2D eigenvalue weighted by Crippen LogP contribution is 2.30. The van der Waals surface area contributed by atoms with Gasteiger partial charge in [-0.15, -0.1) is 0 Å². The molecule has 2 heterocycles. The molecule has 1 aromatic carbocycles. The van der Waals surface area contributed by atoms with Crippen LogP contribution in [0.1, 0.15) is 39.6 Å². The molecule has 0 saturated carbocycles. The monoisotopic (exact) mass is 365 g/mol. The van der Waals surface area contributed by atoms with Crippen LogP contribution in [0.25, 0.3) is 11.0 Å². The van der Waals surface area contributed by atoms with E-state index < -0.39 is 5.60 Å². The first-order valence-corrected chi connectivity index (χ1v) is 8.21. The number of carbonyl (C=O) groups is 1. The van der Waals surface area contributed by atoms with Gasteiger partial charge in [-0.1, -0.05) is 15.9 Å². The van der Waals surface area contributed by atoms with Crippen molar-refractivity contribution in [1.29, 1.82) is 0 Å². The number of imidazole rings is 1. The van der Waals surface area contributed by atoms with Crippen molar-refractivity contribution in [2.24, 2.45) is 0 Å². The van der Waals surface area contributed by atoms with E-state index in [-0.39, 0.29) is 12.1 Å². The zero-order valence-electron chi connectivity index (χ0n) is 13.3.